The van der Waals surface area contributed by atoms with E-state index in [9.17, 15) is 14.0 Å². The quantitative estimate of drug-likeness (QED) is 0.457. The Morgan fingerprint density at radius 3 is 2.49 bits per heavy atom. The molecule has 1 atom stereocenters. The molecule has 0 bridgehead atoms. The zero-order valence-corrected chi connectivity index (χ0v) is 18.8. The first-order chi connectivity index (χ1) is 17.0. The summed E-state index contributed by atoms with van der Waals surface area (Å²) in [5.74, 6) is 0.983. The molecule has 1 fully saturated rings. The van der Waals surface area contributed by atoms with E-state index in [0.29, 0.717) is 28.8 Å². The lowest BCUT2D eigenvalue weighted by Gasteiger charge is -2.16. The Kier molecular flexibility index (Phi) is 5.92. The number of ether oxygens (including phenoxy) is 1. The second-order valence-electron chi connectivity index (χ2n) is 8.07. The predicted octanol–water partition coefficient (Wildman–Crippen LogP) is 3.89. The number of hydrogen-bond acceptors (Lipinski definition) is 6. The average Bonchev–Trinajstić information content (AvgIpc) is 3.47. The van der Waals surface area contributed by atoms with Crippen LogP contribution >= 0.6 is 0 Å². The first-order valence-corrected chi connectivity index (χ1v) is 10.9. The van der Waals surface area contributed by atoms with E-state index in [0.717, 1.165) is 5.82 Å². The third-order valence-electron chi connectivity index (χ3n) is 5.68. The van der Waals surface area contributed by atoms with Gasteiger partial charge in [0.1, 0.15) is 17.4 Å². The van der Waals surface area contributed by atoms with Crippen LogP contribution in [-0.4, -0.2) is 38.1 Å². The van der Waals surface area contributed by atoms with Crippen molar-refractivity contribution in [3.8, 4) is 17.4 Å². The molecule has 0 saturated carbocycles. The molecule has 0 aliphatic carbocycles. The molecule has 176 valence electrons. The number of nitrogens with zero attached hydrogens (tertiary/aromatic N) is 5. The van der Waals surface area contributed by atoms with Gasteiger partial charge in [0.2, 0.25) is 17.7 Å². The summed E-state index contributed by atoms with van der Waals surface area (Å²) in [5, 5.41) is 11.1. The van der Waals surface area contributed by atoms with E-state index in [4.69, 9.17) is 4.74 Å². The smallest absolute Gasteiger partial charge is 0.238 e. The molecule has 10 heteroatoms. The van der Waals surface area contributed by atoms with E-state index in [1.807, 2.05) is 11.5 Å². The number of halogens is 1. The van der Waals surface area contributed by atoms with E-state index in [1.165, 1.54) is 29.2 Å². The first kappa shape index (κ1) is 22.2. The number of carbonyl (C=O) groups excluding carboxylic acids is 2. The number of benzene rings is 2. The van der Waals surface area contributed by atoms with Crippen LogP contribution in [0.3, 0.4) is 0 Å². The van der Waals surface area contributed by atoms with Crippen molar-refractivity contribution in [2.75, 3.05) is 16.8 Å². The fourth-order valence-corrected chi connectivity index (χ4v) is 3.84. The minimum Gasteiger partial charge on any atom is -0.438 e. The fourth-order valence-electron chi connectivity index (χ4n) is 3.84. The van der Waals surface area contributed by atoms with Crippen LogP contribution in [0.2, 0.25) is 0 Å². The van der Waals surface area contributed by atoms with Crippen LogP contribution in [0, 0.1) is 18.7 Å². The Morgan fingerprint density at radius 1 is 1.06 bits per heavy atom. The topological polar surface area (TPSA) is 102 Å². The van der Waals surface area contributed by atoms with Gasteiger partial charge >= 0.3 is 0 Å². The number of carbonyl (C=O) groups is 2. The molecule has 4 aromatic rings. The van der Waals surface area contributed by atoms with Gasteiger partial charge in [0.15, 0.2) is 5.82 Å². The maximum atomic E-state index is 13.2. The van der Waals surface area contributed by atoms with E-state index in [1.54, 1.807) is 48.8 Å². The van der Waals surface area contributed by atoms with Crippen molar-refractivity contribution in [3.63, 3.8) is 0 Å². The summed E-state index contributed by atoms with van der Waals surface area (Å²) in [4.78, 5) is 30.7. The number of amides is 2. The minimum absolute atomic E-state index is 0.0949. The second-order valence-corrected chi connectivity index (χ2v) is 8.07. The summed E-state index contributed by atoms with van der Waals surface area (Å²) < 4.78 is 20.7. The summed E-state index contributed by atoms with van der Waals surface area (Å²) >= 11 is 0. The summed E-state index contributed by atoms with van der Waals surface area (Å²) in [6.45, 7) is 2.11. The van der Waals surface area contributed by atoms with Crippen molar-refractivity contribution >= 4 is 23.2 Å². The van der Waals surface area contributed by atoms with E-state index in [-0.39, 0.29) is 30.6 Å². The molecule has 5 rings (SSSR count). The van der Waals surface area contributed by atoms with Gasteiger partial charge in [-0.1, -0.05) is 0 Å². The van der Waals surface area contributed by atoms with Gasteiger partial charge in [0.05, 0.1) is 5.92 Å². The predicted molar refractivity (Wildman–Crippen MR) is 126 cm³/mol. The number of aryl methyl sites for hydroxylation is 1. The third kappa shape index (κ3) is 4.86. The van der Waals surface area contributed by atoms with Gasteiger partial charge in [0.25, 0.3) is 0 Å². The Labute approximate surface area is 200 Å². The van der Waals surface area contributed by atoms with Gasteiger partial charge in [0, 0.05) is 42.8 Å². The molecule has 1 saturated heterocycles. The van der Waals surface area contributed by atoms with Crippen LogP contribution < -0.4 is 15.0 Å². The van der Waals surface area contributed by atoms with Crippen LogP contribution in [0.15, 0.2) is 73.1 Å². The largest absolute Gasteiger partial charge is 0.438 e. The SMILES string of the molecule is Cc1nccn1-c1ccc(Oc2ccc(NC(=O)C3CC(=O)N(c4ccc(F)cc4)C3)cc2)nn1. The van der Waals surface area contributed by atoms with Crippen molar-refractivity contribution < 1.29 is 18.7 Å². The van der Waals surface area contributed by atoms with Crippen molar-refractivity contribution in [2.45, 2.75) is 13.3 Å². The van der Waals surface area contributed by atoms with Gasteiger partial charge in [-0.2, -0.15) is 0 Å². The lowest BCUT2D eigenvalue weighted by molar-refractivity contribution is -0.122. The van der Waals surface area contributed by atoms with Crippen molar-refractivity contribution in [1.29, 1.82) is 0 Å². The number of rotatable bonds is 6. The molecular formula is C25H21FN6O3. The van der Waals surface area contributed by atoms with E-state index < -0.39 is 5.92 Å². The van der Waals surface area contributed by atoms with Crippen LogP contribution in [0.25, 0.3) is 5.82 Å². The third-order valence-corrected chi connectivity index (χ3v) is 5.68. The number of anilines is 2. The van der Waals surface area contributed by atoms with Gasteiger partial charge < -0.3 is 15.0 Å². The average molecular weight is 472 g/mol. The maximum absolute atomic E-state index is 13.2. The Bertz CT molecular complexity index is 1350. The molecule has 2 aromatic heterocycles. The normalized spacial score (nSPS) is 15.3. The lowest BCUT2D eigenvalue weighted by atomic mass is 10.1. The van der Waals surface area contributed by atoms with Crippen LogP contribution in [0.1, 0.15) is 12.2 Å². The zero-order valence-electron chi connectivity index (χ0n) is 18.8. The van der Waals surface area contributed by atoms with E-state index in [2.05, 4.69) is 20.5 Å². The van der Waals surface area contributed by atoms with Gasteiger partial charge in [-0.3, -0.25) is 14.2 Å². The van der Waals surface area contributed by atoms with Crippen LogP contribution in [-0.2, 0) is 9.59 Å². The summed E-state index contributed by atoms with van der Waals surface area (Å²) in [7, 11) is 0. The molecule has 9 nitrogen and oxygen atoms in total. The Hall–Kier alpha value is -4.60. The number of hydrogen-bond donors (Lipinski definition) is 1. The highest BCUT2D eigenvalue weighted by molar-refractivity contribution is 6.03. The highest BCUT2D eigenvalue weighted by atomic mass is 19.1. The summed E-state index contributed by atoms with van der Waals surface area (Å²) in [6, 6.07) is 16.0. The fraction of sp³-hybridized carbons (Fsp3) is 0.160. The molecule has 3 heterocycles. The molecule has 35 heavy (non-hydrogen) atoms. The Morgan fingerprint density at radius 2 is 1.83 bits per heavy atom. The van der Waals surface area contributed by atoms with E-state index >= 15 is 0 Å². The molecule has 0 spiro atoms. The number of nitrogens with one attached hydrogen (secondary N) is 1. The maximum Gasteiger partial charge on any atom is 0.238 e. The minimum atomic E-state index is -0.503. The number of imidazole rings is 1. The van der Waals surface area contributed by atoms with Crippen molar-refractivity contribution in [2.24, 2.45) is 5.92 Å². The summed E-state index contributed by atoms with van der Waals surface area (Å²) in [5.41, 5.74) is 1.15. The molecule has 1 N–H and O–H groups in total. The Balaban J connectivity index is 1.18. The van der Waals surface area contributed by atoms with Gasteiger partial charge in [-0.05, 0) is 61.5 Å². The van der Waals surface area contributed by atoms with Gasteiger partial charge in [-0.15, -0.1) is 10.2 Å². The second kappa shape index (κ2) is 9.34. The van der Waals surface area contributed by atoms with Crippen molar-refractivity contribution in [1.82, 2.24) is 19.7 Å². The standard InChI is InChI=1S/C25H21FN6O3/c1-16-27-12-13-31(16)22-10-11-23(30-29-22)35-21-8-4-19(5-9-21)28-25(34)17-14-24(33)32(15-17)20-6-2-18(26)3-7-20/h2-13,17H,14-15H2,1H3,(H,28,34). The molecule has 2 amide bonds. The van der Waals surface area contributed by atoms with Crippen LogP contribution in [0.5, 0.6) is 11.6 Å². The lowest BCUT2D eigenvalue weighted by Crippen LogP contribution is -2.28. The highest BCUT2D eigenvalue weighted by Crippen LogP contribution is 2.27. The molecule has 1 aliphatic heterocycles. The molecule has 0 radical (unpaired) electrons. The molecule has 1 unspecified atom stereocenters. The first-order valence-electron chi connectivity index (χ1n) is 10.9. The molecular weight excluding hydrogens is 451 g/mol. The zero-order chi connectivity index (χ0) is 24.4. The monoisotopic (exact) mass is 472 g/mol. The molecule has 1 aliphatic rings. The van der Waals surface area contributed by atoms with Gasteiger partial charge in [-0.25, -0.2) is 9.37 Å². The van der Waals surface area contributed by atoms with Crippen LogP contribution in [0.4, 0.5) is 15.8 Å². The molecule has 2 aromatic carbocycles. The highest BCUT2D eigenvalue weighted by Gasteiger charge is 2.35. The van der Waals surface area contributed by atoms with Crippen molar-refractivity contribution in [3.05, 3.63) is 84.7 Å². The summed E-state index contributed by atoms with van der Waals surface area (Å²) in [6.07, 6.45) is 3.58. The number of aromatic nitrogens is 4.